The molecule has 0 radical (unpaired) electrons. The van der Waals surface area contributed by atoms with Crippen LogP contribution < -0.4 is 10.1 Å². The second-order valence-electron chi connectivity index (χ2n) is 7.24. The van der Waals surface area contributed by atoms with Crippen molar-refractivity contribution < 1.29 is 13.9 Å². The quantitative estimate of drug-likeness (QED) is 0.708. The maximum atomic E-state index is 13.1. The lowest BCUT2D eigenvalue weighted by molar-refractivity contribution is 0.0920. The van der Waals surface area contributed by atoms with E-state index >= 15 is 0 Å². The molecule has 0 aliphatic heterocycles. The lowest BCUT2D eigenvalue weighted by Gasteiger charge is -2.22. The molecule has 1 saturated carbocycles. The summed E-state index contributed by atoms with van der Waals surface area (Å²) >= 11 is 0. The van der Waals surface area contributed by atoms with Gasteiger partial charge in [-0.25, -0.2) is 4.68 Å². The van der Waals surface area contributed by atoms with E-state index in [-0.39, 0.29) is 11.9 Å². The van der Waals surface area contributed by atoms with Crippen LogP contribution in [0.2, 0.25) is 0 Å². The van der Waals surface area contributed by atoms with Gasteiger partial charge in [0.05, 0.1) is 12.8 Å². The molecule has 0 unspecified atom stereocenters. The first-order valence-electron chi connectivity index (χ1n) is 9.76. The van der Waals surface area contributed by atoms with Crippen molar-refractivity contribution in [2.24, 2.45) is 0 Å². The van der Waals surface area contributed by atoms with Gasteiger partial charge in [0.15, 0.2) is 5.76 Å². The third-order valence-electron chi connectivity index (χ3n) is 5.19. The number of hydrogen-bond acceptors (Lipinski definition) is 4. The number of carbonyl (C=O) groups excluding carboxylic acids is 1. The number of nitrogens with zero attached hydrogens (tertiary/aromatic N) is 2. The Bertz CT molecular complexity index is 950. The molecular weight excluding hydrogens is 354 g/mol. The van der Waals surface area contributed by atoms with Gasteiger partial charge in [0, 0.05) is 12.1 Å². The molecule has 0 saturated heterocycles. The van der Waals surface area contributed by atoms with Gasteiger partial charge in [-0.2, -0.15) is 5.10 Å². The van der Waals surface area contributed by atoms with E-state index in [1.165, 1.54) is 19.3 Å². The van der Waals surface area contributed by atoms with Crippen molar-refractivity contribution in [1.29, 1.82) is 0 Å². The lowest BCUT2D eigenvalue weighted by atomic mass is 9.95. The van der Waals surface area contributed by atoms with E-state index < -0.39 is 0 Å². The zero-order valence-electron chi connectivity index (χ0n) is 16.3. The van der Waals surface area contributed by atoms with Crippen LogP contribution in [0.15, 0.2) is 46.9 Å². The van der Waals surface area contributed by atoms with Gasteiger partial charge >= 0.3 is 0 Å². The second-order valence-corrected chi connectivity index (χ2v) is 7.24. The number of benzene rings is 1. The molecule has 0 bridgehead atoms. The molecule has 6 nitrogen and oxygen atoms in total. The number of ether oxygens (including phenoxy) is 1. The number of aryl methyl sites for hydroxylation is 1. The molecule has 1 N–H and O–H groups in total. The summed E-state index contributed by atoms with van der Waals surface area (Å²) < 4.78 is 12.6. The Morgan fingerprint density at radius 3 is 2.54 bits per heavy atom. The summed E-state index contributed by atoms with van der Waals surface area (Å²) in [4.78, 5) is 13.1. The predicted octanol–water partition coefficient (Wildman–Crippen LogP) is 4.51. The Labute approximate surface area is 164 Å². The normalized spacial score (nSPS) is 14.8. The number of carbonyl (C=O) groups is 1. The zero-order valence-corrected chi connectivity index (χ0v) is 16.3. The summed E-state index contributed by atoms with van der Waals surface area (Å²) in [5.41, 5.74) is 1.93. The Morgan fingerprint density at radius 2 is 1.89 bits per heavy atom. The van der Waals surface area contributed by atoms with Crippen molar-refractivity contribution in [3.05, 3.63) is 53.9 Å². The summed E-state index contributed by atoms with van der Waals surface area (Å²) in [7, 11) is 1.63. The molecule has 2 aromatic heterocycles. The van der Waals surface area contributed by atoms with Crippen LogP contribution in [0.25, 0.3) is 17.1 Å². The molecule has 28 heavy (non-hydrogen) atoms. The lowest BCUT2D eigenvalue weighted by Crippen LogP contribution is -2.37. The molecule has 2 heterocycles. The molecule has 1 aliphatic rings. The fraction of sp³-hybridized carbons (Fsp3) is 0.364. The van der Waals surface area contributed by atoms with Crippen LogP contribution >= 0.6 is 0 Å². The fourth-order valence-electron chi connectivity index (χ4n) is 3.66. The van der Waals surface area contributed by atoms with Crippen LogP contribution in [-0.4, -0.2) is 28.8 Å². The SMILES string of the molecule is COc1ccc(-n2nc(-c3ccc(C)o3)cc2C(=O)NC2CCCCC2)cc1. The average molecular weight is 379 g/mol. The van der Waals surface area contributed by atoms with Crippen molar-refractivity contribution in [2.75, 3.05) is 7.11 Å². The highest BCUT2D eigenvalue weighted by Crippen LogP contribution is 2.25. The first kappa shape index (κ1) is 18.3. The van der Waals surface area contributed by atoms with E-state index in [1.54, 1.807) is 17.9 Å². The average Bonchev–Trinajstić information content (AvgIpc) is 3.35. The number of amides is 1. The van der Waals surface area contributed by atoms with Gasteiger partial charge < -0.3 is 14.5 Å². The molecule has 1 aromatic carbocycles. The van der Waals surface area contributed by atoms with Crippen molar-refractivity contribution in [3.63, 3.8) is 0 Å². The minimum atomic E-state index is -0.107. The maximum absolute atomic E-state index is 13.1. The molecule has 0 spiro atoms. The number of methoxy groups -OCH3 is 1. The summed E-state index contributed by atoms with van der Waals surface area (Å²) in [5, 5.41) is 7.84. The van der Waals surface area contributed by atoms with Gasteiger partial charge in [-0.1, -0.05) is 19.3 Å². The number of furan rings is 1. The second kappa shape index (κ2) is 7.92. The number of nitrogens with one attached hydrogen (secondary N) is 1. The van der Waals surface area contributed by atoms with Gasteiger partial charge in [0.1, 0.15) is 22.9 Å². The standard InChI is InChI=1S/C22H25N3O3/c1-15-8-13-21(28-15)19-14-20(22(26)23-16-6-4-3-5-7-16)25(24-19)17-9-11-18(27-2)12-10-17/h8-14,16H,3-7H2,1-2H3,(H,23,26). The first-order valence-corrected chi connectivity index (χ1v) is 9.76. The Balaban J connectivity index is 1.69. The monoisotopic (exact) mass is 379 g/mol. The Morgan fingerprint density at radius 1 is 1.14 bits per heavy atom. The van der Waals surface area contributed by atoms with Gasteiger partial charge in [0.25, 0.3) is 5.91 Å². The third kappa shape index (κ3) is 3.81. The Hall–Kier alpha value is -3.02. The highest BCUT2D eigenvalue weighted by molar-refractivity contribution is 5.94. The predicted molar refractivity (Wildman–Crippen MR) is 107 cm³/mol. The minimum Gasteiger partial charge on any atom is -0.497 e. The highest BCUT2D eigenvalue weighted by atomic mass is 16.5. The largest absolute Gasteiger partial charge is 0.497 e. The molecule has 1 amide bonds. The molecule has 146 valence electrons. The maximum Gasteiger partial charge on any atom is 0.270 e. The van der Waals surface area contributed by atoms with E-state index in [2.05, 4.69) is 10.4 Å². The number of hydrogen-bond donors (Lipinski definition) is 1. The van der Waals surface area contributed by atoms with Crippen molar-refractivity contribution in [1.82, 2.24) is 15.1 Å². The summed E-state index contributed by atoms with van der Waals surface area (Å²) in [6.45, 7) is 1.89. The molecule has 0 atom stereocenters. The van der Waals surface area contributed by atoms with Crippen LogP contribution in [0.1, 0.15) is 48.4 Å². The van der Waals surface area contributed by atoms with Crippen LogP contribution in [0.3, 0.4) is 0 Å². The van der Waals surface area contributed by atoms with Crippen LogP contribution in [0, 0.1) is 6.92 Å². The highest BCUT2D eigenvalue weighted by Gasteiger charge is 2.22. The third-order valence-corrected chi connectivity index (χ3v) is 5.19. The molecule has 1 aliphatic carbocycles. The van der Waals surface area contributed by atoms with Gasteiger partial charge in [0.2, 0.25) is 0 Å². The summed E-state index contributed by atoms with van der Waals surface area (Å²) in [5.74, 6) is 2.11. The van der Waals surface area contributed by atoms with Crippen molar-refractivity contribution in [3.8, 4) is 22.9 Å². The van der Waals surface area contributed by atoms with Crippen LogP contribution in [-0.2, 0) is 0 Å². The van der Waals surface area contributed by atoms with Gasteiger partial charge in [-0.05, 0) is 56.2 Å². The molecule has 4 rings (SSSR count). The van der Waals surface area contributed by atoms with Gasteiger partial charge in [-0.3, -0.25) is 4.79 Å². The zero-order chi connectivity index (χ0) is 19.5. The molecule has 3 aromatic rings. The van der Waals surface area contributed by atoms with Crippen LogP contribution in [0.4, 0.5) is 0 Å². The minimum absolute atomic E-state index is 0.107. The summed E-state index contributed by atoms with van der Waals surface area (Å²) in [6.07, 6.45) is 5.65. The van der Waals surface area contributed by atoms with Gasteiger partial charge in [-0.15, -0.1) is 0 Å². The van der Waals surface area contributed by atoms with Crippen molar-refractivity contribution >= 4 is 5.91 Å². The van der Waals surface area contributed by atoms with E-state index in [0.717, 1.165) is 30.0 Å². The van der Waals surface area contributed by atoms with E-state index in [9.17, 15) is 4.79 Å². The van der Waals surface area contributed by atoms with E-state index in [1.807, 2.05) is 43.3 Å². The molecular formula is C22H25N3O3. The molecule has 1 fully saturated rings. The van der Waals surface area contributed by atoms with E-state index in [0.29, 0.717) is 17.1 Å². The van der Waals surface area contributed by atoms with Crippen molar-refractivity contribution in [2.45, 2.75) is 45.1 Å². The molecule has 6 heteroatoms. The Kier molecular flexibility index (Phi) is 5.19. The first-order chi connectivity index (χ1) is 13.6. The summed E-state index contributed by atoms with van der Waals surface area (Å²) in [6, 6.07) is 13.3. The van der Waals surface area contributed by atoms with Crippen LogP contribution in [0.5, 0.6) is 5.75 Å². The number of aromatic nitrogens is 2. The topological polar surface area (TPSA) is 69.3 Å². The fourth-order valence-corrected chi connectivity index (χ4v) is 3.66. The smallest absolute Gasteiger partial charge is 0.270 e. The van der Waals surface area contributed by atoms with E-state index in [4.69, 9.17) is 9.15 Å². The number of rotatable bonds is 5.